The molecule has 2 fully saturated rings. The first-order valence-corrected chi connectivity index (χ1v) is 9.82. The Hall–Kier alpha value is 0. The summed E-state index contributed by atoms with van der Waals surface area (Å²) in [5.74, 6) is 5.80. The molecule has 0 heteroatoms. The van der Waals surface area contributed by atoms with E-state index in [0.29, 0.717) is 5.41 Å². The highest BCUT2D eigenvalue weighted by molar-refractivity contribution is 4.91. The first-order chi connectivity index (χ1) is 9.82. The normalized spacial score (nSPS) is 35.4. The highest BCUT2D eigenvalue weighted by atomic mass is 14.5. The van der Waals surface area contributed by atoms with Gasteiger partial charge in [-0.3, -0.25) is 0 Å². The molecule has 0 aromatic heterocycles. The smallest absolute Gasteiger partial charge is 0.0298 e. The van der Waals surface area contributed by atoms with Gasteiger partial charge in [0.15, 0.2) is 0 Å². The number of hydrogen-bond acceptors (Lipinski definition) is 0. The molecule has 124 valence electrons. The van der Waals surface area contributed by atoms with E-state index in [-0.39, 0.29) is 0 Å². The molecular formula is C21H40. The Labute approximate surface area is 134 Å². The van der Waals surface area contributed by atoms with Gasteiger partial charge >= 0.3 is 0 Å². The van der Waals surface area contributed by atoms with Crippen LogP contribution in [0.3, 0.4) is 0 Å². The summed E-state index contributed by atoms with van der Waals surface area (Å²) in [5.41, 5.74) is 0.587. The average Bonchev–Trinajstić information content (AvgIpc) is 2.47. The molecule has 0 aliphatic heterocycles. The minimum absolute atomic E-state index is 0.587. The first kappa shape index (κ1) is 17.4. The Bertz CT molecular complexity index is 266. The molecule has 0 saturated heterocycles. The maximum Gasteiger partial charge on any atom is -0.0298 e. The van der Waals surface area contributed by atoms with Crippen molar-refractivity contribution < 1.29 is 0 Å². The Morgan fingerprint density at radius 3 is 1.10 bits per heavy atom. The molecule has 0 radical (unpaired) electrons. The highest BCUT2D eigenvalue weighted by Crippen LogP contribution is 2.51. The quantitative estimate of drug-likeness (QED) is 0.526. The van der Waals surface area contributed by atoms with Gasteiger partial charge in [0.05, 0.1) is 0 Å². The van der Waals surface area contributed by atoms with Crippen molar-refractivity contribution in [3.8, 4) is 0 Å². The molecule has 2 rings (SSSR count). The second-order valence-corrected chi connectivity index (χ2v) is 9.53. The predicted molar refractivity (Wildman–Crippen MR) is 94.4 cm³/mol. The molecule has 2 saturated carbocycles. The summed E-state index contributed by atoms with van der Waals surface area (Å²) in [5, 5.41) is 0. The predicted octanol–water partition coefficient (Wildman–Crippen LogP) is 6.94. The zero-order valence-corrected chi connectivity index (χ0v) is 15.6. The van der Waals surface area contributed by atoms with Crippen LogP contribution >= 0.6 is 0 Å². The molecule has 0 heterocycles. The third-order valence-corrected chi connectivity index (χ3v) is 7.53. The van der Waals surface area contributed by atoms with E-state index in [9.17, 15) is 0 Å². The fraction of sp³-hybridized carbons (Fsp3) is 1.00. The molecule has 0 amide bonds. The molecule has 0 atom stereocenters. The molecule has 0 unspecified atom stereocenters. The van der Waals surface area contributed by atoms with Crippen molar-refractivity contribution in [1.82, 2.24) is 0 Å². The van der Waals surface area contributed by atoms with Gasteiger partial charge in [-0.15, -0.1) is 0 Å². The average molecular weight is 293 g/mol. The van der Waals surface area contributed by atoms with Crippen LogP contribution in [-0.2, 0) is 0 Å². The van der Waals surface area contributed by atoms with Crippen LogP contribution in [0.25, 0.3) is 0 Å². The van der Waals surface area contributed by atoms with Crippen LogP contribution in [0.5, 0.6) is 0 Å². The van der Waals surface area contributed by atoms with Crippen molar-refractivity contribution in [2.24, 2.45) is 40.9 Å². The molecule has 0 nitrogen and oxygen atoms in total. The molecule has 0 N–H and O–H groups in total. The second kappa shape index (κ2) is 7.05. The van der Waals surface area contributed by atoms with Crippen molar-refractivity contribution in [3.63, 3.8) is 0 Å². The Morgan fingerprint density at radius 1 is 0.571 bits per heavy atom. The van der Waals surface area contributed by atoms with E-state index < -0.39 is 0 Å². The monoisotopic (exact) mass is 292 g/mol. The topological polar surface area (TPSA) is 0 Å². The van der Waals surface area contributed by atoms with E-state index in [1.807, 2.05) is 0 Å². The Balaban J connectivity index is 1.88. The maximum atomic E-state index is 2.60. The lowest BCUT2D eigenvalue weighted by molar-refractivity contribution is 0.0293. The lowest BCUT2D eigenvalue weighted by Crippen LogP contribution is -2.38. The zero-order chi connectivity index (χ0) is 15.6. The van der Waals surface area contributed by atoms with Gasteiger partial charge in [-0.25, -0.2) is 0 Å². The molecule has 21 heavy (non-hydrogen) atoms. The molecule has 0 bridgehead atoms. The fourth-order valence-electron chi connectivity index (χ4n) is 5.39. The SMILES string of the molecule is CC(C)C1CCC(C(C)(C)C2CCC(C(C)C)CC2)CC1. The standard InChI is InChI=1S/C21H40/c1-15(2)17-7-11-19(12-8-17)21(5,6)20-13-9-18(10-14-20)16(3)4/h15-20H,7-14H2,1-6H3. The maximum absolute atomic E-state index is 2.60. The third-order valence-electron chi connectivity index (χ3n) is 7.53. The summed E-state index contributed by atoms with van der Waals surface area (Å²) in [4.78, 5) is 0. The lowest BCUT2D eigenvalue weighted by Gasteiger charge is -2.47. The van der Waals surface area contributed by atoms with E-state index in [1.54, 1.807) is 0 Å². The van der Waals surface area contributed by atoms with Gasteiger partial charge in [0, 0.05) is 0 Å². The van der Waals surface area contributed by atoms with Gasteiger partial charge in [-0.2, -0.15) is 0 Å². The second-order valence-electron chi connectivity index (χ2n) is 9.53. The molecule has 0 aromatic carbocycles. The van der Waals surface area contributed by atoms with E-state index >= 15 is 0 Å². The van der Waals surface area contributed by atoms with Gasteiger partial charge in [0.1, 0.15) is 0 Å². The summed E-state index contributed by atoms with van der Waals surface area (Å²) < 4.78 is 0. The summed E-state index contributed by atoms with van der Waals surface area (Å²) in [6.45, 7) is 14.9. The van der Waals surface area contributed by atoms with Crippen LogP contribution in [0.1, 0.15) is 92.9 Å². The van der Waals surface area contributed by atoms with Gasteiger partial charge in [-0.05, 0) is 92.3 Å². The largest absolute Gasteiger partial charge is 0.0625 e. The van der Waals surface area contributed by atoms with Crippen molar-refractivity contribution >= 4 is 0 Å². The van der Waals surface area contributed by atoms with Crippen molar-refractivity contribution in [3.05, 3.63) is 0 Å². The minimum Gasteiger partial charge on any atom is -0.0625 e. The zero-order valence-electron chi connectivity index (χ0n) is 15.6. The minimum atomic E-state index is 0.587. The van der Waals surface area contributed by atoms with Crippen LogP contribution in [0.2, 0.25) is 0 Å². The van der Waals surface area contributed by atoms with Gasteiger partial charge in [0.25, 0.3) is 0 Å². The molecule has 2 aliphatic carbocycles. The highest BCUT2D eigenvalue weighted by Gasteiger charge is 2.40. The Morgan fingerprint density at radius 2 is 0.857 bits per heavy atom. The molecule has 0 aromatic rings. The molecule has 2 aliphatic rings. The van der Waals surface area contributed by atoms with Crippen LogP contribution in [0.4, 0.5) is 0 Å². The van der Waals surface area contributed by atoms with Crippen LogP contribution in [-0.4, -0.2) is 0 Å². The Kier molecular flexibility index (Phi) is 5.83. The summed E-state index contributed by atoms with van der Waals surface area (Å²) >= 11 is 0. The van der Waals surface area contributed by atoms with E-state index in [1.165, 1.54) is 51.4 Å². The van der Waals surface area contributed by atoms with Crippen molar-refractivity contribution in [2.45, 2.75) is 92.9 Å². The van der Waals surface area contributed by atoms with Gasteiger partial charge < -0.3 is 0 Å². The van der Waals surface area contributed by atoms with E-state index in [0.717, 1.165) is 35.5 Å². The summed E-state index contributed by atoms with van der Waals surface area (Å²) in [6, 6.07) is 0. The summed E-state index contributed by atoms with van der Waals surface area (Å²) in [7, 11) is 0. The van der Waals surface area contributed by atoms with Gasteiger partial charge in [-0.1, -0.05) is 41.5 Å². The van der Waals surface area contributed by atoms with E-state index in [4.69, 9.17) is 0 Å². The van der Waals surface area contributed by atoms with Crippen LogP contribution < -0.4 is 0 Å². The summed E-state index contributed by atoms with van der Waals surface area (Å²) in [6.07, 6.45) is 12.0. The third kappa shape index (κ3) is 4.05. The fourth-order valence-corrected chi connectivity index (χ4v) is 5.39. The van der Waals surface area contributed by atoms with Gasteiger partial charge in [0.2, 0.25) is 0 Å². The van der Waals surface area contributed by atoms with Crippen molar-refractivity contribution in [1.29, 1.82) is 0 Å². The molecular weight excluding hydrogens is 252 g/mol. The number of rotatable bonds is 4. The molecule has 0 spiro atoms. The number of hydrogen-bond donors (Lipinski definition) is 0. The van der Waals surface area contributed by atoms with Crippen LogP contribution in [0.15, 0.2) is 0 Å². The van der Waals surface area contributed by atoms with Crippen LogP contribution in [0, 0.1) is 40.9 Å². The first-order valence-electron chi connectivity index (χ1n) is 9.82. The lowest BCUT2D eigenvalue weighted by atomic mass is 9.58. The van der Waals surface area contributed by atoms with E-state index in [2.05, 4.69) is 41.5 Å². The van der Waals surface area contributed by atoms with Crippen molar-refractivity contribution in [2.75, 3.05) is 0 Å².